The number of fused-ring (bicyclic) bond motifs is 1. The molecule has 0 N–H and O–H groups in total. The molecule has 2 saturated heterocycles. The number of likely N-dealkylation sites (N-methyl/N-ethyl adjacent to an activating group) is 1. The molecule has 4 aliphatic rings. The second kappa shape index (κ2) is 8.88. The predicted molar refractivity (Wildman–Crippen MR) is 122 cm³/mol. The van der Waals surface area contributed by atoms with E-state index < -0.39 is 0 Å². The van der Waals surface area contributed by atoms with E-state index in [9.17, 15) is 4.79 Å². The van der Waals surface area contributed by atoms with E-state index >= 15 is 0 Å². The molecule has 3 aliphatic heterocycles. The summed E-state index contributed by atoms with van der Waals surface area (Å²) in [7, 11) is 2.09. The first kappa shape index (κ1) is 20.3. The number of hydrogen-bond donors (Lipinski definition) is 0. The van der Waals surface area contributed by atoms with E-state index in [0.29, 0.717) is 5.91 Å². The highest BCUT2D eigenvalue weighted by Crippen LogP contribution is 2.28. The lowest BCUT2D eigenvalue weighted by Crippen LogP contribution is -2.53. The van der Waals surface area contributed by atoms with Gasteiger partial charge >= 0.3 is 0 Å². The molecule has 0 unspecified atom stereocenters. The summed E-state index contributed by atoms with van der Waals surface area (Å²) in [5, 5.41) is 0. The predicted octanol–water partition coefficient (Wildman–Crippen LogP) is 2.77. The fourth-order valence-corrected chi connectivity index (χ4v) is 6.18. The lowest BCUT2D eigenvalue weighted by Gasteiger charge is -2.38. The van der Waals surface area contributed by atoms with Crippen molar-refractivity contribution in [1.82, 2.24) is 14.7 Å². The maximum atomic E-state index is 12.9. The van der Waals surface area contributed by atoms with Crippen LogP contribution in [0.1, 0.15) is 49.7 Å². The lowest BCUT2D eigenvalue weighted by atomic mass is 10.0. The third kappa shape index (κ3) is 4.11. The van der Waals surface area contributed by atoms with Crippen LogP contribution in [0.4, 0.5) is 5.69 Å². The fourth-order valence-electron chi connectivity index (χ4n) is 6.18. The summed E-state index contributed by atoms with van der Waals surface area (Å²) in [4.78, 5) is 22.5. The molecule has 1 aromatic carbocycles. The summed E-state index contributed by atoms with van der Waals surface area (Å²) in [6.45, 7) is 7.13. The molecular formula is C25H38N4O. The van der Waals surface area contributed by atoms with Gasteiger partial charge in [0.25, 0.3) is 0 Å². The second-order valence-corrected chi connectivity index (χ2v) is 9.88. The quantitative estimate of drug-likeness (QED) is 0.767. The molecule has 30 heavy (non-hydrogen) atoms. The summed E-state index contributed by atoms with van der Waals surface area (Å²) in [5.41, 5.74) is 4.46. The first-order valence-corrected chi connectivity index (χ1v) is 12.3. The molecule has 0 aromatic heterocycles. The molecule has 0 bridgehead atoms. The molecule has 5 heteroatoms. The lowest BCUT2D eigenvalue weighted by molar-refractivity contribution is -0.135. The van der Waals surface area contributed by atoms with Crippen LogP contribution in [0.15, 0.2) is 18.2 Å². The summed E-state index contributed by atoms with van der Waals surface area (Å²) >= 11 is 0. The number of hydrogen-bond acceptors (Lipinski definition) is 4. The molecule has 3 fully saturated rings. The average molecular weight is 411 g/mol. The Morgan fingerprint density at radius 2 is 1.57 bits per heavy atom. The maximum Gasteiger partial charge on any atom is 0.240 e. The van der Waals surface area contributed by atoms with Gasteiger partial charge in [-0.3, -0.25) is 14.6 Å². The standard InChI is InChI=1S/C25H38N4O/c1-26-12-4-7-24(26)25(30)29-17-15-28(16-18-29)23-9-8-20-10-13-27(14-11-21(20)19-23)22-5-2-3-6-22/h8-9,19,22,24H,2-7,10-18H2,1H3/t24-/m1/s1. The van der Waals surface area contributed by atoms with Crippen molar-refractivity contribution in [2.24, 2.45) is 0 Å². The monoisotopic (exact) mass is 410 g/mol. The van der Waals surface area contributed by atoms with Crippen LogP contribution in [0.25, 0.3) is 0 Å². The van der Waals surface area contributed by atoms with Gasteiger partial charge < -0.3 is 9.80 Å². The molecule has 1 aliphatic carbocycles. The molecule has 3 heterocycles. The van der Waals surface area contributed by atoms with Gasteiger partial charge in [0.1, 0.15) is 0 Å². The van der Waals surface area contributed by atoms with E-state index in [0.717, 1.165) is 51.6 Å². The highest BCUT2D eigenvalue weighted by Gasteiger charge is 2.33. The van der Waals surface area contributed by atoms with Gasteiger partial charge in [0, 0.05) is 51.0 Å². The first-order chi connectivity index (χ1) is 14.7. The number of benzene rings is 1. The number of carbonyl (C=O) groups is 1. The maximum absolute atomic E-state index is 12.9. The number of amides is 1. The number of carbonyl (C=O) groups excluding carboxylic acids is 1. The van der Waals surface area contributed by atoms with Crippen molar-refractivity contribution < 1.29 is 4.79 Å². The molecule has 1 saturated carbocycles. The second-order valence-electron chi connectivity index (χ2n) is 9.88. The van der Waals surface area contributed by atoms with Crippen LogP contribution in [-0.4, -0.2) is 85.6 Å². The van der Waals surface area contributed by atoms with E-state index in [1.54, 1.807) is 11.1 Å². The minimum Gasteiger partial charge on any atom is -0.368 e. The van der Waals surface area contributed by atoms with Crippen molar-refractivity contribution in [2.75, 3.05) is 57.8 Å². The van der Waals surface area contributed by atoms with E-state index in [1.165, 1.54) is 57.3 Å². The van der Waals surface area contributed by atoms with Crippen LogP contribution in [0.2, 0.25) is 0 Å². The average Bonchev–Trinajstić information content (AvgIpc) is 3.41. The normalized spacial score (nSPS) is 26.8. The number of nitrogens with zero attached hydrogens (tertiary/aromatic N) is 4. The Morgan fingerprint density at radius 3 is 2.27 bits per heavy atom. The Morgan fingerprint density at radius 1 is 0.833 bits per heavy atom. The van der Waals surface area contributed by atoms with Crippen molar-refractivity contribution in [1.29, 1.82) is 0 Å². The first-order valence-electron chi connectivity index (χ1n) is 12.3. The highest BCUT2D eigenvalue weighted by molar-refractivity contribution is 5.82. The van der Waals surface area contributed by atoms with Crippen LogP contribution in [0.5, 0.6) is 0 Å². The van der Waals surface area contributed by atoms with E-state index in [2.05, 4.69) is 44.8 Å². The zero-order chi connectivity index (χ0) is 20.5. The van der Waals surface area contributed by atoms with E-state index in [-0.39, 0.29) is 6.04 Å². The molecule has 0 spiro atoms. The van der Waals surface area contributed by atoms with Gasteiger partial charge in [0.05, 0.1) is 6.04 Å². The fraction of sp³-hybridized carbons (Fsp3) is 0.720. The van der Waals surface area contributed by atoms with Crippen molar-refractivity contribution in [3.63, 3.8) is 0 Å². The minimum absolute atomic E-state index is 0.117. The summed E-state index contributed by atoms with van der Waals surface area (Å²) in [5.74, 6) is 0.351. The molecule has 1 aromatic rings. The number of rotatable bonds is 3. The Kier molecular flexibility index (Phi) is 6.01. The van der Waals surface area contributed by atoms with Crippen molar-refractivity contribution in [3.8, 4) is 0 Å². The van der Waals surface area contributed by atoms with E-state index in [1.807, 2.05) is 0 Å². The Hall–Kier alpha value is -1.59. The van der Waals surface area contributed by atoms with Gasteiger partial charge in [-0.1, -0.05) is 18.9 Å². The van der Waals surface area contributed by atoms with Crippen LogP contribution in [-0.2, 0) is 17.6 Å². The van der Waals surface area contributed by atoms with Gasteiger partial charge in [0.15, 0.2) is 0 Å². The van der Waals surface area contributed by atoms with Crippen LogP contribution in [0, 0.1) is 0 Å². The topological polar surface area (TPSA) is 30.0 Å². The molecular weight excluding hydrogens is 372 g/mol. The Bertz CT molecular complexity index is 752. The smallest absolute Gasteiger partial charge is 0.240 e. The van der Waals surface area contributed by atoms with Crippen molar-refractivity contribution in [3.05, 3.63) is 29.3 Å². The van der Waals surface area contributed by atoms with Gasteiger partial charge in [-0.05, 0) is 75.4 Å². The number of likely N-dealkylation sites (tertiary alicyclic amines) is 1. The van der Waals surface area contributed by atoms with Gasteiger partial charge in [0.2, 0.25) is 5.91 Å². The molecule has 5 nitrogen and oxygen atoms in total. The Labute approximate surface area is 182 Å². The summed E-state index contributed by atoms with van der Waals surface area (Å²) in [6, 6.07) is 8.12. The van der Waals surface area contributed by atoms with Gasteiger partial charge in [-0.15, -0.1) is 0 Å². The molecule has 0 radical (unpaired) electrons. The molecule has 1 atom stereocenters. The van der Waals surface area contributed by atoms with Crippen LogP contribution < -0.4 is 4.90 Å². The van der Waals surface area contributed by atoms with E-state index in [4.69, 9.17) is 0 Å². The highest BCUT2D eigenvalue weighted by atomic mass is 16.2. The minimum atomic E-state index is 0.117. The third-order valence-corrected chi connectivity index (χ3v) is 8.13. The number of piperazine rings is 1. The van der Waals surface area contributed by atoms with Gasteiger partial charge in [-0.25, -0.2) is 0 Å². The van der Waals surface area contributed by atoms with Crippen molar-refractivity contribution >= 4 is 11.6 Å². The van der Waals surface area contributed by atoms with Crippen LogP contribution in [0.3, 0.4) is 0 Å². The Balaban J connectivity index is 1.19. The van der Waals surface area contributed by atoms with Gasteiger partial charge in [-0.2, -0.15) is 0 Å². The van der Waals surface area contributed by atoms with Crippen LogP contribution >= 0.6 is 0 Å². The SMILES string of the molecule is CN1CCC[C@@H]1C(=O)N1CCN(c2ccc3c(c2)CCN(C2CCCC2)CC3)CC1. The largest absolute Gasteiger partial charge is 0.368 e. The zero-order valence-electron chi connectivity index (χ0n) is 18.7. The molecule has 164 valence electrons. The molecule has 1 amide bonds. The summed E-state index contributed by atoms with van der Waals surface area (Å²) in [6.07, 6.45) is 10.2. The number of anilines is 1. The van der Waals surface area contributed by atoms with Crippen molar-refractivity contribution in [2.45, 2.75) is 63.5 Å². The summed E-state index contributed by atoms with van der Waals surface area (Å²) < 4.78 is 0. The molecule has 5 rings (SSSR count). The third-order valence-electron chi connectivity index (χ3n) is 8.13. The zero-order valence-corrected chi connectivity index (χ0v) is 18.7.